The van der Waals surface area contributed by atoms with Crippen molar-refractivity contribution in [3.8, 4) is 5.75 Å². The third-order valence-electron chi connectivity index (χ3n) is 7.66. The van der Waals surface area contributed by atoms with Gasteiger partial charge in [0.1, 0.15) is 11.3 Å². The molecule has 1 amide bonds. The summed E-state index contributed by atoms with van der Waals surface area (Å²) in [6.07, 6.45) is 11.6. The highest BCUT2D eigenvalue weighted by Gasteiger charge is 2.24. The molecule has 0 bridgehead atoms. The Labute approximate surface area is 232 Å². The number of hydrogen-bond donors (Lipinski definition) is 3. The van der Waals surface area contributed by atoms with E-state index in [0.717, 1.165) is 91.1 Å². The molecule has 212 valence electrons. The van der Waals surface area contributed by atoms with Gasteiger partial charge in [-0.05, 0) is 74.4 Å². The van der Waals surface area contributed by atoms with Crippen LogP contribution in [0.2, 0.25) is 0 Å². The van der Waals surface area contributed by atoms with Crippen molar-refractivity contribution in [2.24, 2.45) is 0 Å². The number of unbranched alkanes of at least 4 members (excludes halogenated alkanes) is 2. The van der Waals surface area contributed by atoms with Crippen LogP contribution in [-0.2, 0) is 17.6 Å². The highest BCUT2D eigenvalue weighted by atomic mass is 32.1. The normalized spacial score (nSPS) is 14.5. The zero-order valence-corrected chi connectivity index (χ0v) is 23.3. The topological polar surface area (TPSA) is 85.4 Å². The summed E-state index contributed by atoms with van der Waals surface area (Å²) in [4.78, 5) is 29.7. The highest BCUT2D eigenvalue weighted by Crippen LogP contribution is 2.29. The lowest BCUT2D eigenvalue weighted by molar-refractivity contribution is -0.133. The molecule has 39 heavy (non-hydrogen) atoms. The number of H-pyrrole nitrogens is 1. The summed E-state index contributed by atoms with van der Waals surface area (Å²) in [5.41, 5.74) is 2.31. The number of carbonyl (C=O) groups is 1. The summed E-state index contributed by atoms with van der Waals surface area (Å²) < 4.78 is 27.3. The molecule has 1 aliphatic rings. The van der Waals surface area contributed by atoms with Crippen molar-refractivity contribution in [1.82, 2.24) is 15.2 Å². The van der Waals surface area contributed by atoms with E-state index in [1.807, 2.05) is 6.07 Å². The lowest BCUT2D eigenvalue weighted by Crippen LogP contribution is -2.42. The molecule has 0 aliphatic heterocycles. The smallest absolute Gasteiger partial charge is 0.305 e. The van der Waals surface area contributed by atoms with Crippen LogP contribution in [0.1, 0.15) is 75.3 Å². The van der Waals surface area contributed by atoms with Crippen LogP contribution in [0.15, 0.2) is 35.1 Å². The van der Waals surface area contributed by atoms with E-state index >= 15 is 0 Å². The number of aryl methyl sites for hydroxylation is 1. The molecular weight excluding hydrogens is 520 g/mol. The number of nitrogens with one attached hydrogen (secondary N) is 2. The van der Waals surface area contributed by atoms with Crippen LogP contribution in [0.25, 0.3) is 10.2 Å². The van der Waals surface area contributed by atoms with E-state index in [2.05, 4.69) is 15.2 Å². The second-order valence-electron chi connectivity index (χ2n) is 10.5. The molecular formula is C30H39F2N3O3S. The third kappa shape index (κ3) is 8.35. The fourth-order valence-electron chi connectivity index (χ4n) is 5.52. The fraction of sp³-hybridized carbons (Fsp3) is 0.533. The lowest BCUT2D eigenvalue weighted by atomic mass is 10.0. The van der Waals surface area contributed by atoms with Crippen molar-refractivity contribution >= 4 is 27.5 Å². The number of fused-ring (bicyclic) bond motifs is 1. The number of benzene rings is 2. The van der Waals surface area contributed by atoms with Gasteiger partial charge in [-0.3, -0.25) is 9.59 Å². The highest BCUT2D eigenvalue weighted by molar-refractivity contribution is 7.16. The van der Waals surface area contributed by atoms with Crippen LogP contribution in [0.3, 0.4) is 0 Å². The van der Waals surface area contributed by atoms with Crippen molar-refractivity contribution in [3.63, 3.8) is 0 Å². The zero-order chi connectivity index (χ0) is 27.6. The van der Waals surface area contributed by atoms with Crippen molar-refractivity contribution in [3.05, 3.63) is 62.8 Å². The zero-order valence-electron chi connectivity index (χ0n) is 22.4. The Kier molecular flexibility index (Phi) is 10.9. The molecule has 1 heterocycles. The Hall–Kier alpha value is -2.78. The fourth-order valence-corrected chi connectivity index (χ4v) is 6.41. The number of aromatic nitrogens is 1. The molecule has 2 aromatic carbocycles. The van der Waals surface area contributed by atoms with Crippen molar-refractivity contribution in [2.45, 2.75) is 83.1 Å². The number of amides is 1. The summed E-state index contributed by atoms with van der Waals surface area (Å²) >= 11 is 1.14. The Morgan fingerprint density at radius 3 is 2.56 bits per heavy atom. The van der Waals surface area contributed by atoms with Gasteiger partial charge in [-0.25, -0.2) is 8.78 Å². The molecule has 1 saturated carbocycles. The van der Waals surface area contributed by atoms with E-state index in [1.54, 1.807) is 12.1 Å². The predicted octanol–water partition coefficient (Wildman–Crippen LogP) is 6.06. The number of halogens is 2. The van der Waals surface area contributed by atoms with Crippen LogP contribution in [0.4, 0.5) is 8.78 Å². The van der Waals surface area contributed by atoms with E-state index < -0.39 is 11.6 Å². The summed E-state index contributed by atoms with van der Waals surface area (Å²) in [5.74, 6) is -1.39. The van der Waals surface area contributed by atoms with Gasteiger partial charge in [0.25, 0.3) is 0 Å². The maximum atomic E-state index is 13.4. The first-order chi connectivity index (χ1) is 18.9. The predicted molar refractivity (Wildman–Crippen MR) is 152 cm³/mol. The second kappa shape index (κ2) is 14.6. The third-order valence-corrected chi connectivity index (χ3v) is 8.62. The van der Waals surface area contributed by atoms with Gasteiger partial charge in [0.05, 0.1) is 4.70 Å². The van der Waals surface area contributed by atoms with Crippen molar-refractivity contribution < 1.29 is 18.7 Å². The van der Waals surface area contributed by atoms with Gasteiger partial charge in [-0.2, -0.15) is 0 Å². The first kappa shape index (κ1) is 29.2. The number of rotatable bonds is 13. The van der Waals surface area contributed by atoms with Gasteiger partial charge in [0.15, 0.2) is 11.6 Å². The van der Waals surface area contributed by atoms with E-state index in [0.29, 0.717) is 37.5 Å². The number of aromatic amines is 1. The standard InChI is InChI=1S/C30H39F2N3O3S/c31-24-13-11-21(20-25(24)32)15-17-33-18-16-27(37)35(23-9-5-1-2-6-10-23)19-7-3-4-8-22-12-14-26(36)28-29(22)39-30(38)34-28/h11-14,20,23,33,36H,1-10,15-19H2,(H,34,38). The Bertz CT molecular complexity index is 1280. The second-order valence-corrected chi connectivity index (χ2v) is 11.5. The minimum Gasteiger partial charge on any atom is -0.506 e. The van der Waals surface area contributed by atoms with Crippen LogP contribution in [-0.4, -0.2) is 46.6 Å². The van der Waals surface area contributed by atoms with Gasteiger partial charge in [-0.1, -0.05) is 55.6 Å². The van der Waals surface area contributed by atoms with Crippen LogP contribution in [0, 0.1) is 11.6 Å². The quantitative estimate of drug-likeness (QED) is 0.176. The number of phenols is 1. The van der Waals surface area contributed by atoms with Gasteiger partial charge in [0.2, 0.25) is 5.91 Å². The Balaban J connectivity index is 1.24. The summed E-state index contributed by atoms with van der Waals surface area (Å²) in [6.45, 7) is 1.91. The van der Waals surface area contributed by atoms with E-state index in [1.165, 1.54) is 18.9 Å². The average Bonchev–Trinajstić information content (AvgIpc) is 3.13. The number of carbonyl (C=O) groups excluding carboxylic acids is 1. The van der Waals surface area contributed by atoms with Crippen molar-refractivity contribution in [1.29, 1.82) is 0 Å². The Morgan fingerprint density at radius 1 is 1.00 bits per heavy atom. The molecule has 1 aromatic heterocycles. The van der Waals surface area contributed by atoms with Gasteiger partial charge >= 0.3 is 4.87 Å². The number of thiazole rings is 1. The molecule has 4 rings (SSSR count). The molecule has 9 heteroatoms. The molecule has 1 aliphatic carbocycles. The van der Waals surface area contributed by atoms with Crippen LogP contribution in [0.5, 0.6) is 5.75 Å². The molecule has 0 spiro atoms. The van der Waals surface area contributed by atoms with Gasteiger partial charge < -0.3 is 20.3 Å². The van der Waals surface area contributed by atoms with E-state index in [9.17, 15) is 23.5 Å². The first-order valence-corrected chi connectivity index (χ1v) is 15.0. The summed E-state index contributed by atoms with van der Waals surface area (Å²) in [7, 11) is 0. The minimum absolute atomic E-state index is 0.100. The van der Waals surface area contributed by atoms with E-state index in [-0.39, 0.29) is 16.5 Å². The molecule has 3 aromatic rings. The number of nitrogens with zero attached hydrogens (tertiary/aromatic N) is 1. The van der Waals surface area contributed by atoms with E-state index in [4.69, 9.17) is 0 Å². The molecule has 0 radical (unpaired) electrons. The first-order valence-electron chi connectivity index (χ1n) is 14.2. The molecule has 0 unspecified atom stereocenters. The number of hydrogen-bond acceptors (Lipinski definition) is 5. The van der Waals surface area contributed by atoms with Gasteiger partial charge in [0, 0.05) is 25.6 Å². The van der Waals surface area contributed by atoms with Crippen LogP contribution < -0.4 is 10.2 Å². The molecule has 0 atom stereocenters. The lowest BCUT2D eigenvalue weighted by Gasteiger charge is -2.31. The largest absolute Gasteiger partial charge is 0.506 e. The SMILES string of the molecule is O=C(CCNCCc1ccc(F)c(F)c1)N(CCCCCc1ccc(O)c2[nH]c(=O)sc12)C1CCCCCC1. The average molecular weight is 560 g/mol. The van der Waals surface area contributed by atoms with Crippen molar-refractivity contribution in [2.75, 3.05) is 19.6 Å². The van der Waals surface area contributed by atoms with Gasteiger partial charge in [-0.15, -0.1) is 0 Å². The summed E-state index contributed by atoms with van der Waals surface area (Å²) in [6, 6.07) is 7.79. The maximum Gasteiger partial charge on any atom is 0.305 e. The molecule has 0 saturated heterocycles. The monoisotopic (exact) mass is 559 g/mol. The number of phenolic OH excluding ortho intramolecular Hbond substituents is 1. The molecule has 1 fully saturated rings. The molecule has 6 nitrogen and oxygen atoms in total. The molecule has 3 N–H and O–H groups in total. The summed E-state index contributed by atoms with van der Waals surface area (Å²) in [5, 5.41) is 13.3. The number of aromatic hydroxyl groups is 1. The van der Waals surface area contributed by atoms with Crippen LogP contribution >= 0.6 is 11.3 Å². The Morgan fingerprint density at radius 2 is 1.79 bits per heavy atom. The maximum absolute atomic E-state index is 13.4. The minimum atomic E-state index is -0.840.